The molecule has 6 nitrogen and oxygen atoms in total. The van der Waals surface area contributed by atoms with Gasteiger partial charge in [0.2, 0.25) is 0 Å². The minimum Gasteiger partial charge on any atom is -0.469 e. The molecular formula is C23H34O6. The highest BCUT2D eigenvalue weighted by Gasteiger charge is 2.35. The van der Waals surface area contributed by atoms with E-state index in [1.165, 1.54) is 13.2 Å². The highest BCUT2D eigenvalue weighted by Crippen LogP contribution is 2.25. The van der Waals surface area contributed by atoms with Gasteiger partial charge in [-0.05, 0) is 19.3 Å². The summed E-state index contributed by atoms with van der Waals surface area (Å²) in [6.45, 7) is 2.08. The van der Waals surface area contributed by atoms with Crippen LogP contribution in [-0.2, 0) is 14.3 Å². The van der Waals surface area contributed by atoms with Crippen molar-refractivity contribution in [1.29, 1.82) is 0 Å². The number of hydrogen-bond acceptors (Lipinski definition) is 6. The van der Waals surface area contributed by atoms with E-state index < -0.39 is 30.5 Å². The fraction of sp³-hybridized carbons (Fsp3) is 0.609. The fourth-order valence-corrected chi connectivity index (χ4v) is 2.80. The van der Waals surface area contributed by atoms with Gasteiger partial charge in [0.15, 0.2) is 0 Å². The lowest BCUT2D eigenvalue weighted by molar-refractivity contribution is -0.140. The van der Waals surface area contributed by atoms with Crippen molar-refractivity contribution in [2.75, 3.05) is 7.11 Å². The second kappa shape index (κ2) is 15.0. The summed E-state index contributed by atoms with van der Waals surface area (Å²) in [5.41, 5.74) is 0. The predicted molar refractivity (Wildman–Crippen MR) is 112 cm³/mol. The van der Waals surface area contributed by atoms with Gasteiger partial charge in [0.1, 0.15) is 6.10 Å². The lowest BCUT2D eigenvalue weighted by Crippen LogP contribution is -2.25. The lowest BCUT2D eigenvalue weighted by Gasteiger charge is -2.16. The summed E-state index contributed by atoms with van der Waals surface area (Å²) in [7, 11) is 1.33. The molecule has 0 aromatic carbocycles. The molecule has 1 aliphatic rings. The van der Waals surface area contributed by atoms with Crippen molar-refractivity contribution >= 4 is 5.97 Å². The first kappa shape index (κ1) is 25.1. The summed E-state index contributed by atoms with van der Waals surface area (Å²) in [5, 5.41) is 30.3. The molecule has 162 valence electrons. The van der Waals surface area contributed by atoms with Gasteiger partial charge in [0.05, 0.1) is 37.9 Å². The molecular weight excluding hydrogens is 372 g/mol. The molecule has 1 aliphatic heterocycles. The summed E-state index contributed by atoms with van der Waals surface area (Å²) in [4.78, 5) is 11.0. The Hall–Kier alpha value is -1.91. The Morgan fingerprint density at radius 2 is 2.00 bits per heavy atom. The quantitative estimate of drug-likeness (QED) is 0.277. The van der Waals surface area contributed by atoms with Gasteiger partial charge in [-0.25, -0.2) is 0 Å². The summed E-state index contributed by atoms with van der Waals surface area (Å²) < 4.78 is 10.3. The van der Waals surface area contributed by atoms with Crippen LogP contribution in [0.25, 0.3) is 0 Å². The zero-order valence-corrected chi connectivity index (χ0v) is 17.4. The molecule has 0 amide bonds. The summed E-state index contributed by atoms with van der Waals surface area (Å²) in [6.07, 6.45) is 11.6. The minimum atomic E-state index is -0.792. The number of carbonyl (C=O) groups excluding carboxylic acids is 1. The Kier molecular flexibility index (Phi) is 13.0. The molecule has 0 unspecified atom stereocenters. The zero-order chi connectivity index (χ0) is 21.5. The van der Waals surface area contributed by atoms with Crippen LogP contribution in [0.3, 0.4) is 0 Å². The van der Waals surface area contributed by atoms with Gasteiger partial charge < -0.3 is 24.8 Å². The Bertz CT molecular complexity index is 613. The second-order valence-electron chi connectivity index (χ2n) is 6.92. The van der Waals surface area contributed by atoms with Crippen molar-refractivity contribution in [3.63, 3.8) is 0 Å². The van der Waals surface area contributed by atoms with E-state index in [0.717, 1.165) is 12.8 Å². The van der Waals surface area contributed by atoms with E-state index in [4.69, 9.17) is 4.74 Å². The van der Waals surface area contributed by atoms with E-state index in [9.17, 15) is 20.1 Å². The van der Waals surface area contributed by atoms with E-state index in [2.05, 4.69) is 35.7 Å². The number of esters is 1. The third-order valence-electron chi connectivity index (χ3n) is 4.47. The molecule has 0 spiro atoms. The molecule has 0 saturated carbocycles. The fourth-order valence-electron chi connectivity index (χ4n) is 2.80. The number of methoxy groups -OCH3 is 1. The topological polar surface area (TPSA) is 96.2 Å². The predicted octanol–water partition coefficient (Wildman–Crippen LogP) is 2.43. The van der Waals surface area contributed by atoms with Crippen molar-refractivity contribution in [2.45, 2.75) is 82.4 Å². The van der Waals surface area contributed by atoms with Gasteiger partial charge in [-0.2, -0.15) is 0 Å². The molecule has 29 heavy (non-hydrogen) atoms. The Balaban J connectivity index is 2.35. The second-order valence-corrected chi connectivity index (χ2v) is 6.92. The smallest absolute Gasteiger partial charge is 0.306 e. The zero-order valence-electron chi connectivity index (χ0n) is 17.4. The minimum absolute atomic E-state index is 0.226. The third kappa shape index (κ3) is 11.0. The van der Waals surface area contributed by atoms with Gasteiger partial charge in [0.25, 0.3) is 0 Å². The van der Waals surface area contributed by atoms with Gasteiger partial charge in [-0.15, -0.1) is 11.8 Å². The van der Waals surface area contributed by atoms with Gasteiger partial charge >= 0.3 is 5.97 Å². The maximum absolute atomic E-state index is 11.0. The van der Waals surface area contributed by atoms with Crippen LogP contribution in [0, 0.1) is 11.8 Å². The van der Waals surface area contributed by atoms with E-state index in [-0.39, 0.29) is 18.8 Å². The van der Waals surface area contributed by atoms with Crippen LogP contribution in [0.4, 0.5) is 0 Å². The molecule has 0 radical (unpaired) electrons. The average Bonchev–Trinajstić information content (AvgIpc) is 3.09. The largest absolute Gasteiger partial charge is 0.469 e. The van der Waals surface area contributed by atoms with E-state index in [0.29, 0.717) is 19.3 Å². The lowest BCUT2D eigenvalue weighted by atomic mass is 10.0. The molecule has 1 fully saturated rings. The standard InChI is InChI=1S/C23H34O6/c1-3-4-5-6-7-10-13-19(25)22-17-20(26)21(29-22)16-15-18(24)12-9-8-11-14-23(27)28-2/h4-5,7,10,15-16,18-22,24-26H,3,6,11-14,17H2,1-2H3/b5-4-,10-7-,16-15+/t18-,19+,20+,21-,22-/m1/s1. The average molecular weight is 407 g/mol. The number of aliphatic hydroxyl groups is 3. The summed E-state index contributed by atoms with van der Waals surface area (Å²) >= 11 is 0. The number of aliphatic hydroxyl groups excluding tert-OH is 3. The molecule has 0 aliphatic carbocycles. The van der Waals surface area contributed by atoms with Crippen molar-refractivity contribution in [3.05, 3.63) is 36.5 Å². The molecule has 1 rings (SSSR count). The van der Waals surface area contributed by atoms with Gasteiger partial charge in [-0.1, -0.05) is 43.4 Å². The van der Waals surface area contributed by atoms with Crippen LogP contribution < -0.4 is 0 Å². The van der Waals surface area contributed by atoms with Crippen LogP contribution in [0.1, 0.15) is 51.9 Å². The van der Waals surface area contributed by atoms with Crippen molar-refractivity contribution < 1.29 is 29.6 Å². The van der Waals surface area contributed by atoms with Crippen molar-refractivity contribution in [2.24, 2.45) is 0 Å². The third-order valence-corrected chi connectivity index (χ3v) is 4.47. The first-order valence-corrected chi connectivity index (χ1v) is 10.2. The number of ether oxygens (including phenoxy) is 2. The van der Waals surface area contributed by atoms with Crippen LogP contribution in [0.2, 0.25) is 0 Å². The highest BCUT2D eigenvalue weighted by atomic mass is 16.5. The number of hydrogen-bond donors (Lipinski definition) is 3. The molecule has 3 N–H and O–H groups in total. The van der Waals surface area contributed by atoms with Crippen LogP contribution >= 0.6 is 0 Å². The first-order valence-electron chi connectivity index (χ1n) is 10.2. The molecule has 5 atom stereocenters. The van der Waals surface area contributed by atoms with Crippen molar-refractivity contribution in [3.8, 4) is 11.8 Å². The normalized spacial score (nSPS) is 24.1. The molecule has 1 saturated heterocycles. The molecule has 6 heteroatoms. The SMILES string of the molecule is CC/C=C\C/C=C\C[C@H](O)[C@H]1C[C@H](O)[C@@H](/C=C/[C@H](O)CC#CCCC(=O)OC)O1. The molecule has 1 heterocycles. The van der Waals surface area contributed by atoms with E-state index in [1.54, 1.807) is 6.08 Å². The number of allylic oxidation sites excluding steroid dienone is 3. The molecule has 0 aromatic heterocycles. The summed E-state index contributed by atoms with van der Waals surface area (Å²) in [5.74, 6) is 5.30. The number of rotatable bonds is 11. The van der Waals surface area contributed by atoms with Gasteiger partial charge in [0, 0.05) is 19.3 Å². The molecule has 0 aromatic rings. The highest BCUT2D eigenvalue weighted by molar-refractivity contribution is 5.69. The van der Waals surface area contributed by atoms with Crippen LogP contribution in [0.15, 0.2) is 36.5 Å². The Labute approximate surface area is 173 Å². The monoisotopic (exact) mass is 406 g/mol. The Morgan fingerprint density at radius 1 is 1.24 bits per heavy atom. The maximum Gasteiger partial charge on any atom is 0.306 e. The van der Waals surface area contributed by atoms with E-state index >= 15 is 0 Å². The first-order chi connectivity index (χ1) is 14.0. The van der Waals surface area contributed by atoms with Crippen molar-refractivity contribution in [1.82, 2.24) is 0 Å². The van der Waals surface area contributed by atoms with E-state index in [1.807, 2.05) is 12.2 Å². The summed E-state index contributed by atoms with van der Waals surface area (Å²) in [6, 6.07) is 0. The maximum atomic E-state index is 11.0. The van der Waals surface area contributed by atoms with Gasteiger partial charge in [-0.3, -0.25) is 4.79 Å². The Morgan fingerprint density at radius 3 is 2.72 bits per heavy atom. The van der Waals surface area contributed by atoms with Crippen LogP contribution in [0.5, 0.6) is 0 Å². The van der Waals surface area contributed by atoms with Crippen LogP contribution in [-0.4, -0.2) is 58.9 Å². The number of carbonyl (C=O) groups is 1. The molecule has 0 bridgehead atoms.